The third-order valence-corrected chi connectivity index (χ3v) is 4.13. The second-order valence-corrected chi connectivity index (χ2v) is 5.53. The first kappa shape index (κ1) is 11.4. The average Bonchev–Trinajstić information content (AvgIpc) is 2.69. The van der Waals surface area contributed by atoms with Gasteiger partial charge in [-0.15, -0.1) is 22.9 Å². The summed E-state index contributed by atoms with van der Waals surface area (Å²) in [6.07, 6.45) is 2.65. The Morgan fingerprint density at radius 3 is 2.87 bits per heavy atom. The van der Waals surface area contributed by atoms with Crippen molar-refractivity contribution in [2.24, 2.45) is 5.92 Å². The summed E-state index contributed by atoms with van der Waals surface area (Å²) in [7, 11) is 0. The molecule has 1 fully saturated rings. The minimum absolute atomic E-state index is 0.535. The van der Waals surface area contributed by atoms with Gasteiger partial charge in [0, 0.05) is 5.38 Å². The van der Waals surface area contributed by atoms with E-state index in [0.29, 0.717) is 5.88 Å². The topological polar surface area (TPSA) is 16.1 Å². The molecule has 2 rings (SSSR count). The van der Waals surface area contributed by atoms with Crippen LogP contribution in [-0.2, 0) is 12.4 Å². The first-order chi connectivity index (χ1) is 7.28. The largest absolute Gasteiger partial charge is 0.297 e. The molecule has 1 aliphatic heterocycles. The molecule has 0 atom stereocenters. The third kappa shape index (κ3) is 3.16. The van der Waals surface area contributed by atoms with Crippen molar-refractivity contribution < 1.29 is 0 Å². The van der Waals surface area contributed by atoms with E-state index in [1.165, 1.54) is 30.9 Å². The van der Waals surface area contributed by atoms with Crippen LogP contribution in [0.5, 0.6) is 0 Å². The molecule has 0 unspecified atom stereocenters. The Labute approximate surface area is 100 Å². The van der Waals surface area contributed by atoms with E-state index < -0.39 is 0 Å². The van der Waals surface area contributed by atoms with Gasteiger partial charge in [0.15, 0.2) is 0 Å². The van der Waals surface area contributed by atoms with E-state index >= 15 is 0 Å². The first-order valence-electron chi connectivity index (χ1n) is 5.49. The summed E-state index contributed by atoms with van der Waals surface area (Å²) in [4.78, 5) is 6.98. The van der Waals surface area contributed by atoms with Gasteiger partial charge in [0.05, 0.1) is 18.1 Å². The summed E-state index contributed by atoms with van der Waals surface area (Å²) >= 11 is 7.46. The Balaban J connectivity index is 1.86. The number of likely N-dealkylation sites (tertiary alicyclic amines) is 1. The molecule has 0 saturated carbocycles. The molecule has 1 aromatic rings. The molecule has 0 radical (unpaired) electrons. The Kier molecular flexibility index (Phi) is 4.00. The first-order valence-corrected chi connectivity index (χ1v) is 6.91. The fraction of sp³-hybridized carbons (Fsp3) is 0.727. The van der Waals surface area contributed by atoms with E-state index in [9.17, 15) is 0 Å². The second-order valence-electron chi connectivity index (χ2n) is 4.32. The van der Waals surface area contributed by atoms with Crippen LogP contribution in [0.2, 0.25) is 0 Å². The predicted molar refractivity (Wildman–Crippen MR) is 65.3 cm³/mol. The van der Waals surface area contributed by atoms with Crippen LogP contribution in [0.15, 0.2) is 5.38 Å². The molecular weight excluding hydrogens is 228 g/mol. The van der Waals surface area contributed by atoms with Crippen LogP contribution in [0.1, 0.15) is 30.5 Å². The molecule has 0 bridgehead atoms. The van der Waals surface area contributed by atoms with Gasteiger partial charge < -0.3 is 0 Å². The number of hydrogen-bond acceptors (Lipinski definition) is 3. The van der Waals surface area contributed by atoms with Crippen molar-refractivity contribution in [1.82, 2.24) is 9.88 Å². The minimum Gasteiger partial charge on any atom is -0.297 e. The molecule has 0 amide bonds. The fourth-order valence-electron chi connectivity index (χ4n) is 1.89. The number of alkyl halides is 1. The SMILES string of the molecule is CC1CCN(Cc2nc(CCl)cs2)CC1. The van der Waals surface area contributed by atoms with E-state index in [2.05, 4.69) is 22.2 Å². The number of rotatable bonds is 3. The van der Waals surface area contributed by atoms with Gasteiger partial charge in [-0.05, 0) is 31.8 Å². The summed E-state index contributed by atoms with van der Waals surface area (Å²) in [5, 5.41) is 3.27. The lowest BCUT2D eigenvalue weighted by molar-refractivity contribution is 0.185. The monoisotopic (exact) mass is 244 g/mol. The lowest BCUT2D eigenvalue weighted by atomic mass is 9.99. The molecular formula is C11H17ClN2S. The maximum Gasteiger partial charge on any atom is 0.107 e. The van der Waals surface area contributed by atoms with Gasteiger partial charge in [0.25, 0.3) is 0 Å². The quantitative estimate of drug-likeness (QED) is 0.760. The molecule has 1 aliphatic rings. The number of aromatic nitrogens is 1. The van der Waals surface area contributed by atoms with E-state index in [4.69, 9.17) is 11.6 Å². The van der Waals surface area contributed by atoms with Gasteiger partial charge in [-0.1, -0.05) is 6.92 Å². The smallest absolute Gasteiger partial charge is 0.107 e. The van der Waals surface area contributed by atoms with Crippen LogP contribution in [0, 0.1) is 5.92 Å². The predicted octanol–water partition coefficient (Wildman–Crippen LogP) is 3.11. The molecule has 0 aliphatic carbocycles. The summed E-state index contributed by atoms with van der Waals surface area (Å²) in [6, 6.07) is 0. The summed E-state index contributed by atoms with van der Waals surface area (Å²) in [6.45, 7) is 5.79. The van der Waals surface area contributed by atoms with Crippen molar-refractivity contribution in [1.29, 1.82) is 0 Å². The van der Waals surface area contributed by atoms with Crippen molar-refractivity contribution >= 4 is 22.9 Å². The van der Waals surface area contributed by atoms with Gasteiger partial charge >= 0.3 is 0 Å². The zero-order valence-corrected chi connectivity index (χ0v) is 10.7. The van der Waals surface area contributed by atoms with Crippen molar-refractivity contribution in [3.05, 3.63) is 16.1 Å². The van der Waals surface area contributed by atoms with E-state index in [0.717, 1.165) is 18.2 Å². The average molecular weight is 245 g/mol. The van der Waals surface area contributed by atoms with Crippen molar-refractivity contribution in [3.63, 3.8) is 0 Å². The Morgan fingerprint density at radius 1 is 1.53 bits per heavy atom. The standard InChI is InChI=1S/C11H17ClN2S/c1-9-2-4-14(5-3-9)7-11-13-10(6-12)8-15-11/h8-9H,2-7H2,1H3. The molecule has 0 spiro atoms. The molecule has 1 aromatic heterocycles. The normalized spacial score (nSPS) is 19.6. The lowest BCUT2D eigenvalue weighted by Gasteiger charge is -2.29. The van der Waals surface area contributed by atoms with Crippen molar-refractivity contribution in [2.45, 2.75) is 32.2 Å². The van der Waals surface area contributed by atoms with Crippen LogP contribution < -0.4 is 0 Å². The van der Waals surface area contributed by atoms with E-state index in [1.807, 2.05) is 0 Å². The molecule has 84 valence electrons. The van der Waals surface area contributed by atoms with Crippen LogP contribution in [0.25, 0.3) is 0 Å². The zero-order chi connectivity index (χ0) is 10.7. The highest BCUT2D eigenvalue weighted by molar-refractivity contribution is 7.09. The van der Waals surface area contributed by atoms with E-state index in [-0.39, 0.29) is 0 Å². The lowest BCUT2D eigenvalue weighted by Crippen LogP contribution is -2.32. The molecule has 4 heteroatoms. The molecule has 1 saturated heterocycles. The highest BCUT2D eigenvalue weighted by atomic mass is 35.5. The maximum atomic E-state index is 5.73. The fourth-order valence-corrected chi connectivity index (χ4v) is 2.96. The zero-order valence-electron chi connectivity index (χ0n) is 9.08. The van der Waals surface area contributed by atoms with Crippen LogP contribution in [0.3, 0.4) is 0 Å². The summed E-state index contributed by atoms with van der Waals surface area (Å²) < 4.78 is 0. The third-order valence-electron chi connectivity index (χ3n) is 2.97. The van der Waals surface area contributed by atoms with Crippen LogP contribution in [-0.4, -0.2) is 23.0 Å². The van der Waals surface area contributed by atoms with Crippen molar-refractivity contribution in [2.75, 3.05) is 13.1 Å². The highest BCUT2D eigenvalue weighted by Gasteiger charge is 2.16. The second kappa shape index (κ2) is 5.28. The maximum absolute atomic E-state index is 5.73. The number of piperidine rings is 1. The summed E-state index contributed by atoms with van der Waals surface area (Å²) in [5.41, 5.74) is 1.02. The van der Waals surface area contributed by atoms with Gasteiger partial charge in [-0.2, -0.15) is 0 Å². The van der Waals surface area contributed by atoms with Crippen molar-refractivity contribution in [3.8, 4) is 0 Å². The molecule has 0 N–H and O–H groups in total. The molecule has 15 heavy (non-hydrogen) atoms. The summed E-state index contributed by atoms with van der Waals surface area (Å²) in [5.74, 6) is 1.43. The molecule has 2 nitrogen and oxygen atoms in total. The van der Waals surface area contributed by atoms with Crippen LogP contribution >= 0.6 is 22.9 Å². The number of hydrogen-bond donors (Lipinski definition) is 0. The highest BCUT2D eigenvalue weighted by Crippen LogP contribution is 2.19. The molecule has 2 heterocycles. The van der Waals surface area contributed by atoms with Crippen LogP contribution in [0.4, 0.5) is 0 Å². The molecule has 0 aromatic carbocycles. The van der Waals surface area contributed by atoms with E-state index in [1.54, 1.807) is 11.3 Å². The van der Waals surface area contributed by atoms with Gasteiger partial charge in [-0.25, -0.2) is 4.98 Å². The van der Waals surface area contributed by atoms with Gasteiger partial charge in [0.1, 0.15) is 5.01 Å². The Hall–Kier alpha value is -0.120. The Morgan fingerprint density at radius 2 is 2.27 bits per heavy atom. The van der Waals surface area contributed by atoms with Gasteiger partial charge in [0.2, 0.25) is 0 Å². The number of nitrogens with zero attached hydrogens (tertiary/aromatic N) is 2. The Bertz CT molecular complexity index is 305. The number of thiazole rings is 1. The number of halogens is 1. The van der Waals surface area contributed by atoms with Gasteiger partial charge in [-0.3, -0.25) is 4.90 Å². The minimum atomic E-state index is 0.535.